The van der Waals surface area contributed by atoms with Crippen LogP contribution in [-0.2, 0) is 67.2 Å². The average molecular weight is 1350 g/mol. The number of rotatable bonds is 9. The lowest BCUT2D eigenvalue weighted by Crippen LogP contribution is -3.00. The van der Waals surface area contributed by atoms with E-state index in [9.17, 15) is 40.8 Å². The molecular formula is C60H75IN2O17P2S2. The number of carbonyl (C=O) groups excluding carboxylic acids is 5. The van der Waals surface area contributed by atoms with Crippen molar-refractivity contribution in [2.45, 2.75) is 149 Å². The number of esters is 2. The molecule has 2 atom stereocenters. The number of carbonyl (C=O) groups is 5. The van der Waals surface area contributed by atoms with Gasteiger partial charge in [0.2, 0.25) is 19.7 Å². The predicted octanol–water partition coefficient (Wildman–Crippen LogP) is 8.56. The number of fused-ring (bicyclic) bond motifs is 4. The number of para-hydroxylation sites is 2. The van der Waals surface area contributed by atoms with Gasteiger partial charge in [-0.3, -0.25) is 4.79 Å². The minimum Gasteiger partial charge on any atom is -1.00 e. The third-order valence-corrected chi connectivity index (χ3v) is 20.1. The highest BCUT2D eigenvalue weighted by Crippen LogP contribution is 2.48. The number of allylic oxidation sites excluding steroid dienone is 1. The molecule has 2 aliphatic carbocycles. The first-order chi connectivity index (χ1) is 39.3. The Hall–Kier alpha value is -4.90. The van der Waals surface area contributed by atoms with Crippen LogP contribution in [0.15, 0.2) is 111 Å². The molecule has 10 rings (SSSR count). The van der Waals surface area contributed by atoms with Gasteiger partial charge in [0.25, 0.3) is 5.78 Å². The molecule has 2 amide bonds. The van der Waals surface area contributed by atoms with Crippen molar-refractivity contribution in [3.05, 3.63) is 102 Å². The summed E-state index contributed by atoms with van der Waals surface area (Å²) in [6, 6.07) is 20.5. The minimum absolute atomic E-state index is 0. The van der Waals surface area contributed by atoms with Gasteiger partial charge in [0, 0.05) is 48.4 Å². The Kier molecular flexibility index (Phi) is 21.8. The number of benzene rings is 4. The molecule has 4 aromatic rings. The summed E-state index contributed by atoms with van der Waals surface area (Å²) in [5.41, 5.74) is -0.655. The van der Waals surface area contributed by atoms with E-state index in [0.717, 1.165) is 62.6 Å². The Balaban J connectivity index is 0.000000201. The molecule has 0 aromatic heterocycles. The van der Waals surface area contributed by atoms with E-state index in [4.69, 9.17) is 37.9 Å². The monoisotopic (exact) mass is 1350 g/mol. The fourth-order valence-electron chi connectivity index (χ4n) is 10.8. The highest BCUT2D eigenvalue weighted by Gasteiger charge is 2.44. The van der Waals surface area contributed by atoms with Crippen LogP contribution in [0.5, 0.6) is 0 Å². The highest BCUT2D eigenvalue weighted by molar-refractivity contribution is 8.02. The van der Waals surface area contributed by atoms with Crippen molar-refractivity contribution in [1.29, 1.82) is 0 Å². The summed E-state index contributed by atoms with van der Waals surface area (Å²) < 4.78 is 97.7. The number of hydrogen-bond donors (Lipinski definition) is 0. The maximum absolute atomic E-state index is 13.6. The van der Waals surface area contributed by atoms with Crippen LogP contribution >= 0.6 is 17.2 Å². The van der Waals surface area contributed by atoms with Crippen LogP contribution in [0.2, 0.25) is 0 Å². The van der Waals surface area contributed by atoms with E-state index in [0.29, 0.717) is 32.6 Å². The second-order valence-electron chi connectivity index (χ2n) is 22.8. The number of hydrogen-bond acceptors (Lipinski definition) is 17. The van der Waals surface area contributed by atoms with Gasteiger partial charge in [-0.2, -0.15) is 0 Å². The quantitative estimate of drug-likeness (QED) is 0.0290. The number of amides is 2. The van der Waals surface area contributed by atoms with Gasteiger partial charge in [0.15, 0.2) is 11.6 Å². The molecule has 0 bridgehead atoms. The van der Waals surface area contributed by atoms with Gasteiger partial charge in [-0.15, -0.1) is 0 Å². The van der Waals surface area contributed by atoms with E-state index in [1.54, 1.807) is 97.9 Å². The van der Waals surface area contributed by atoms with Crippen molar-refractivity contribution >= 4 is 95.1 Å². The van der Waals surface area contributed by atoms with Crippen molar-refractivity contribution < 1.29 is 103 Å². The average Bonchev–Trinajstić information content (AvgIpc) is 0.988. The molecule has 4 aliphatic heterocycles. The molecule has 2 unspecified atom stereocenters. The van der Waals surface area contributed by atoms with Gasteiger partial charge in [-0.25, -0.2) is 45.8 Å². The standard InChI is InChI=1S/C30H35NO8S.C21H21NO7S.C9H18O2P2.HI/c1-5-36-27(32)22(18-20-12-14-30(15-13-20)37-16-17-38-30)21-10-11-26-24(19-21)31(28(33)39-29(2,3)4)23-8-6-7-9-25(23)40(26,34)35;1-5-28-19(24)18(23)13-10-11-17-15(12-13)22(20(25)29-21(2,3)4)14-8-6-7-9-16(14)30(17,26)27;12-13-7-8-1-3-9(4-2-8)10-5-6-11-9;/h6-11,18-20H,5,12-17H2,1-4H3;6-12H,5H2,1-4H3;8,13H,1-7,12H2;1H/b22-18+;;;. The van der Waals surface area contributed by atoms with Crippen LogP contribution < -0.4 is 33.8 Å². The maximum Gasteiger partial charge on any atom is 0.419 e. The minimum atomic E-state index is -3.96. The van der Waals surface area contributed by atoms with E-state index < -0.39 is 66.6 Å². The Labute approximate surface area is 513 Å². The second-order valence-corrected chi connectivity index (χ2v) is 28.9. The SMILES string of the molecule is CCOC(=O)/C(=C/C1CCC2(CC1)OCCO2)c1ccc2c(c1)N(C(=O)OC(C)(C)C)c1ccccc1S2(=O)=O.CCOC(=O)C(=O)c1ccc2c(c1)N(C(=O)OC(C)(C)C)c1ccccc1S2(=O)=O.P[PH2+]CC1CCC2(CC1)OCCO2.[I-]. The van der Waals surface area contributed by atoms with Crippen LogP contribution in [-0.4, -0.2) is 115 Å². The fraction of sp³-hybridized carbons (Fsp3) is 0.483. The topological polar surface area (TPSA) is 234 Å². The van der Waals surface area contributed by atoms with E-state index in [2.05, 4.69) is 8.93 Å². The van der Waals surface area contributed by atoms with Crippen molar-refractivity contribution in [3.63, 3.8) is 0 Å². The molecule has 0 N–H and O–H groups in total. The number of ether oxygens (including phenoxy) is 8. The van der Waals surface area contributed by atoms with Gasteiger partial charge < -0.3 is 61.9 Å². The molecule has 456 valence electrons. The fourth-order valence-corrected chi connectivity index (χ4v) is 16.0. The number of Topliss-reactive ketones (excluding diaryl/α,β-unsaturated/α-hetero) is 1. The van der Waals surface area contributed by atoms with Gasteiger partial charge in [0.1, 0.15) is 11.2 Å². The Morgan fingerprint density at radius 1 is 0.583 bits per heavy atom. The summed E-state index contributed by atoms with van der Waals surface area (Å²) in [7, 11) is -4.40. The Bertz CT molecular complexity index is 3350. The predicted molar refractivity (Wildman–Crippen MR) is 316 cm³/mol. The third kappa shape index (κ3) is 15.1. The molecule has 6 aliphatic rings. The second kappa shape index (κ2) is 27.4. The summed E-state index contributed by atoms with van der Waals surface area (Å²) in [5, 5.41) is 0. The largest absolute Gasteiger partial charge is 1.00 e. The van der Waals surface area contributed by atoms with Gasteiger partial charge in [-0.05, 0) is 153 Å². The highest BCUT2D eigenvalue weighted by atomic mass is 127. The first-order valence-corrected chi connectivity index (χ1v) is 34.4. The lowest BCUT2D eigenvalue weighted by atomic mass is 9.83. The van der Waals surface area contributed by atoms with E-state index in [-0.39, 0.29) is 96.8 Å². The molecular weight excluding hydrogens is 1270 g/mol. The van der Waals surface area contributed by atoms with Crippen LogP contribution in [0.3, 0.4) is 0 Å². The summed E-state index contributed by atoms with van der Waals surface area (Å²) in [6.45, 7) is 16.5. The van der Waals surface area contributed by atoms with Crippen LogP contribution in [0.25, 0.3) is 5.57 Å². The lowest BCUT2D eigenvalue weighted by Gasteiger charge is -2.34. The number of halogens is 1. The number of ketones is 1. The molecule has 24 heteroatoms. The summed E-state index contributed by atoms with van der Waals surface area (Å²) in [5.74, 6) is -2.19. The van der Waals surface area contributed by atoms with E-state index >= 15 is 0 Å². The molecule has 2 saturated carbocycles. The number of nitrogens with zero attached hydrogens (tertiary/aromatic N) is 2. The molecule has 4 fully saturated rings. The van der Waals surface area contributed by atoms with Crippen molar-refractivity contribution in [2.24, 2.45) is 11.8 Å². The molecule has 19 nitrogen and oxygen atoms in total. The zero-order valence-electron chi connectivity index (χ0n) is 48.6. The lowest BCUT2D eigenvalue weighted by molar-refractivity contribution is -0.181. The first-order valence-electron chi connectivity index (χ1n) is 28.0. The molecule has 2 spiro atoms. The van der Waals surface area contributed by atoms with E-state index in [1.807, 2.05) is 6.08 Å². The summed E-state index contributed by atoms with van der Waals surface area (Å²) >= 11 is 0. The Morgan fingerprint density at radius 2 is 0.976 bits per heavy atom. The van der Waals surface area contributed by atoms with Crippen LogP contribution in [0.1, 0.15) is 123 Å². The normalized spacial score (nSPS) is 19.9. The zero-order chi connectivity index (χ0) is 60.1. The van der Waals surface area contributed by atoms with Crippen molar-refractivity contribution in [1.82, 2.24) is 0 Å². The third-order valence-electron chi connectivity index (χ3n) is 14.6. The number of sulfone groups is 2. The molecule has 2 saturated heterocycles. The smallest absolute Gasteiger partial charge is 0.419 e. The Morgan fingerprint density at radius 3 is 1.40 bits per heavy atom. The number of anilines is 4. The molecule has 4 heterocycles. The molecule has 4 aromatic carbocycles. The van der Waals surface area contributed by atoms with Crippen molar-refractivity contribution in [2.75, 3.05) is 55.6 Å². The van der Waals surface area contributed by atoms with E-state index in [1.165, 1.54) is 66.4 Å². The first kappa shape index (κ1) is 66.6. The van der Waals surface area contributed by atoms with Gasteiger partial charge in [-0.1, -0.05) is 36.4 Å². The summed E-state index contributed by atoms with van der Waals surface area (Å²) in [6.07, 6.45) is 9.62. The van der Waals surface area contributed by atoms with Crippen LogP contribution in [0, 0.1) is 11.8 Å². The van der Waals surface area contributed by atoms with Gasteiger partial charge >= 0.3 is 24.1 Å². The zero-order valence-corrected chi connectivity index (χ0v) is 54.7. The molecule has 0 radical (unpaired) electrons. The van der Waals surface area contributed by atoms with Crippen LogP contribution in [0.4, 0.5) is 32.3 Å². The summed E-state index contributed by atoms with van der Waals surface area (Å²) in [4.78, 5) is 66.0. The van der Waals surface area contributed by atoms with Crippen molar-refractivity contribution in [3.8, 4) is 0 Å². The van der Waals surface area contributed by atoms with Gasteiger partial charge in [0.05, 0.1) is 93.7 Å². The maximum atomic E-state index is 13.6. The molecule has 84 heavy (non-hydrogen) atoms.